The summed E-state index contributed by atoms with van der Waals surface area (Å²) >= 11 is 0. The van der Waals surface area contributed by atoms with E-state index in [2.05, 4.69) is 24.8 Å². The van der Waals surface area contributed by atoms with Crippen LogP contribution in [0.15, 0.2) is 22.8 Å². The van der Waals surface area contributed by atoms with Crippen LogP contribution in [0.4, 0.5) is 0 Å². The molecule has 0 aliphatic heterocycles. The molecule has 1 aliphatic carbocycles. The summed E-state index contributed by atoms with van der Waals surface area (Å²) in [6.45, 7) is 6.18. The lowest BCUT2D eigenvalue weighted by Crippen LogP contribution is -2.42. The first-order valence-corrected chi connectivity index (χ1v) is 6.69. The average molecular weight is 236 g/mol. The van der Waals surface area contributed by atoms with E-state index in [9.17, 15) is 0 Å². The molecule has 1 saturated carbocycles. The Hall–Kier alpha value is -0.800. The molecule has 0 radical (unpaired) electrons. The topological polar surface area (TPSA) is 42.4 Å². The Bertz CT molecular complexity index is 317. The maximum absolute atomic E-state index is 5.94. The highest BCUT2D eigenvalue weighted by molar-refractivity contribution is 5.01. The smallest absolute Gasteiger partial charge is 0.117 e. The van der Waals surface area contributed by atoms with E-state index >= 15 is 0 Å². The third kappa shape index (κ3) is 3.58. The van der Waals surface area contributed by atoms with Gasteiger partial charge in [0.1, 0.15) is 5.76 Å². The van der Waals surface area contributed by atoms with Gasteiger partial charge in [-0.15, -0.1) is 0 Å². The van der Waals surface area contributed by atoms with Crippen LogP contribution in [0, 0.1) is 5.92 Å². The Morgan fingerprint density at radius 1 is 1.47 bits per heavy atom. The normalized spacial score (nSPS) is 17.9. The lowest BCUT2D eigenvalue weighted by atomic mass is 10.0. The predicted molar refractivity (Wildman–Crippen MR) is 69.6 cm³/mol. The maximum atomic E-state index is 5.94. The van der Waals surface area contributed by atoms with Crippen LogP contribution in [-0.4, -0.2) is 23.5 Å². The third-order valence-corrected chi connectivity index (χ3v) is 3.42. The van der Waals surface area contributed by atoms with E-state index in [1.54, 1.807) is 6.26 Å². The molecule has 3 nitrogen and oxygen atoms in total. The van der Waals surface area contributed by atoms with E-state index in [4.69, 9.17) is 10.2 Å². The third-order valence-electron chi connectivity index (χ3n) is 3.42. The van der Waals surface area contributed by atoms with Crippen LogP contribution < -0.4 is 5.73 Å². The van der Waals surface area contributed by atoms with Gasteiger partial charge in [0.25, 0.3) is 0 Å². The van der Waals surface area contributed by atoms with Crippen LogP contribution >= 0.6 is 0 Å². The fourth-order valence-electron chi connectivity index (χ4n) is 2.46. The zero-order valence-electron chi connectivity index (χ0n) is 10.9. The standard InChI is InChI=1S/C14H24N2O/c1-11(2)8-13(9-15)16(12-5-6-12)10-14-4-3-7-17-14/h3-4,7,11-13H,5-6,8-10,15H2,1-2H3. The van der Waals surface area contributed by atoms with Crippen LogP contribution in [0.25, 0.3) is 0 Å². The summed E-state index contributed by atoms with van der Waals surface area (Å²) < 4.78 is 5.46. The molecule has 1 atom stereocenters. The summed E-state index contributed by atoms with van der Waals surface area (Å²) in [5.41, 5.74) is 5.94. The second-order valence-electron chi connectivity index (χ2n) is 5.50. The number of nitrogens with two attached hydrogens (primary N) is 1. The van der Waals surface area contributed by atoms with Crippen LogP contribution in [0.3, 0.4) is 0 Å². The first kappa shape index (κ1) is 12.7. The van der Waals surface area contributed by atoms with E-state index in [-0.39, 0.29) is 0 Å². The minimum absolute atomic E-state index is 0.493. The minimum atomic E-state index is 0.493. The lowest BCUT2D eigenvalue weighted by molar-refractivity contribution is 0.148. The van der Waals surface area contributed by atoms with Gasteiger partial charge in [0.05, 0.1) is 12.8 Å². The second kappa shape index (κ2) is 5.69. The molecule has 1 aromatic heterocycles. The molecule has 3 heteroatoms. The fraction of sp³-hybridized carbons (Fsp3) is 0.714. The highest BCUT2D eigenvalue weighted by Gasteiger charge is 2.34. The zero-order chi connectivity index (χ0) is 12.3. The molecule has 2 rings (SSSR count). The van der Waals surface area contributed by atoms with Gasteiger partial charge in [0.15, 0.2) is 0 Å². The highest BCUT2D eigenvalue weighted by Crippen LogP contribution is 2.31. The summed E-state index contributed by atoms with van der Waals surface area (Å²) in [7, 11) is 0. The van der Waals surface area contributed by atoms with Gasteiger partial charge in [0.2, 0.25) is 0 Å². The van der Waals surface area contributed by atoms with Crippen LogP contribution in [-0.2, 0) is 6.54 Å². The second-order valence-corrected chi connectivity index (χ2v) is 5.50. The van der Waals surface area contributed by atoms with Crippen molar-refractivity contribution in [3.8, 4) is 0 Å². The Morgan fingerprint density at radius 2 is 2.24 bits per heavy atom. The van der Waals surface area contributed by atoms with Gasteiger partial charge in [-0.25, -0.2) is 0 Å². The van der Waals surface area contributed by atoms with E-state index < -0.39 is 0 Å². The van der Waals surface area contributed by atoms with Gasteiger partial charge >= 0.3 is 0 Å². The predicted octanol–water partition coefficient (Wildman–Crippen LogP) is 2.62. The molecule has 1 aromatic rings. The van der Waals surface area contributed by atoms with Crippen LogP contribution in [0.2, 0.25) is 0 Å². The van der Waals surface area contributed by atoms with Gasteiger partial charge in [-0.1, -0.05) is 13.8 Å². The maximum Gasteiger partial charge on any atom is 0.117 e. The molecule has 0 saturated heterocycles. The van der Waals surface area contributed by atoms with Gasteiger partial charge in [-0.2, -0.15) is 0 Å². The lowest BCUT2D eigenvalue weighted by Gasteiger charge is -2.31. The van der Waals surface area contributed by atoms with E-state index in [0.717, 1.165) is 24.9 Å². The van der Waals surface area contributed by atoms with Gasteiger partial charge in [-0.05, 0) is 37.3 Å². The number of nitrogens with zero attached hydrogens (tertiary/aromatic N) is 1. The molecule has 1 aliphatic rings. The molecule has 0 aromatic carbocycles. The molecule has 1 unspecified atom stereocenters. The SMILES string of the molecule is CC(C)CC(CN)N(Cc1ccco1)C1CC1. The highest BCUT2D eigenvalue weighted by atomic mass is 16.3. The van der Waals surface area contributed by atoms with Crippen LogP contribution in [0.5, 0.6) is 0 Å². The molecule has 1 heterocycles. The monoisotopic (exact) mass is 236 g/mol. The molecular weight excluding hydrogens is 212 g/mol. The number of hydrogen-bond acceptors (Lipinski definition) is 3. The quantitative estimate of drug-likeness (QED) is 0.791. The number of rotatable bonds is 7. The van der Waals surface area contributed by atoms with Gasteiger partial charge in [0, 0.05) is 18.6 Å². The Kier molecular flexibility index (Phi) is 4.24. The summed E-state index contributed by atoms with van der Waals surface area (Å²) in [5.74, 6) is 1.75. The molecule has 0 amide bonds. The van der Waals surface area contributed by atoms with Crippen molar-refractivity contribution >= 4 is 0 Å². The summed E-state index contributed by atoms with van der Waals surface area (Å²) in [6, 6.07) is 5.23. The summed E-state index contributed by atoms with van der Waals surface area (Å²) in [6.07, 6.45) is 5.55. The van der Waals surface area contributed by atoms with Crippen molar-refractivity contribution in [3.63, 3.8) is 0 Å². The number of hydrogen-bond donors (Lipinski definition) is 1. The molecule has 2 N–H and O–H groups in total. The van der Waals surface area contributed by atoms with Crippen molar-refractivity contribution in [2.75, 3.05) is 6.54 Å². The average Bonchev–Trinajstić information content (AvgIpc) is 3.01. The minimum Gasteiger partial charge on any atom is -0.468 e. The van der Waals surface area contributed by atoms with Gasteiger partial charge < -0.3 is 10.2 Å². The summed E-state index contributed by atoms with van der Waals surface area (Å²) in [4.78, 5) is 2.54. The molecule has 0 bridgehead atoms. The van der Waals surface area contributed by atoms with Crippen molar-refractivity contribution in [3.05, 3.63) is 24.2 Å². The first-order valence-electron chi connectivity index (χ1n) is 6.69. The van der Waals surface area contributed by atoms with Crippen LogP contribution in [0.1, 0.15) is 38.9 Å². The van der Waals surface area contributed by atoms with E-state index in [0.29, 0.717) is 12.0 Å². The molecule has 96 valence electrons. The van der Waals surface area contributed by atoms with Crippen molar-refractivity contribution in [1.29, 1.82) is 0 Å². The molecule has 0 spiro atoms. The molecular formula is C14H24N2O. The Labute approximate surface area is 104 Å². The molecule has 1 fully saturated rings. The first-order chi connectivity index (χ1) is 8.20. The Morgan fingerprint density at radius 3 is 2.71 bits per heavy atom. The van der Waals surface area contributed by atoms with Crippen molar-refractivity contribution < 1.29 is 4.42 Å². The van der Waals surface area contributed by atoms with Gasteiger partial charge in [-0.3, -0.25) is 4.90 Å². The molecule has 17 heavy (non-hydrogen) atoms. The zero-order valence-corrected chi connectivity index (χ0v) is 10.9. The van der Waals surface area contributed by atoms with Crippen molar-refractivity contribution in [2.45, 2.75) is 51.7 Å². The van der Waals surface area contributed by atoms with E-state index in [1.807, 2.05) is 6.07 Å². The summed E-state index contributed by atoms with van der Waals surface area (Å²) in [5, 5.41) is 0. The Balaban J connectivity index is 1.99. The fourth-order valence-corrected chi connectivity index (χ4v) is 2.46. The largest absolute Gasteiger partial charge is 0.468 e. The number of furan rings is 1. The van der Waals surface area contributed by atoms with E-state index in [1.165, 1.54) is 19.3 Å². The van der Waals surface area contributed by atoms with Crippen molar-refractivity contribution in [2.24, 2.45) is 11.7 Å². The van der Waals surface area contributed by atoms with Crippen molar-refractivity contribution in [1.82, 2.24) is 4.90 Å².